The fourth-order valence-electron chi connectivity index (χ4n) is 5.47. The van der Waals surface area contributed by atoms with Gasteiger partial charge in [-0.1, -0.05) is 48.5 Å². The van der Waals surface area contributed by atoms with Crippen molar-refractivity contribution in [2.45, 2.75) is 58.8 Å². The van der Waals surface area contributed by atoms with Gasteiger partial charge in [0, 0.05) is 14.2 Å². The van der Waals surface area contributed by atoms with Gasteiger partial charge < -0.3 is 34.1 Å². The van der Waals surface area contributed by atoms with Crippen molar-refractivity contribution in [1.29, 1.82) is 0 Å². The van der Waals surface area contributed by atoms with Crippen molar-refractivity contribution in [3.63, 3.8) is 0 Å². The average molecular weight is 677 g/mol. The van der Waals surface area contributed by atoms with E-state index in [-0.39, 0.29) is 32.9 Å². The van der Waals surface area contributed by atoms with Crippen LogP contribution < -0.4 is 15.1 Å². The van der Waals surface area contributed by atoms with E-state index >= 15 is 0 Å². The summed E-state index contributed by atoms with van der Waals surface area (Å²) in [5.41, 5.74) is 2.21. The Morgan fingerprint density at radius 2 is 1.59 bits per heavy atom. The molecule has 1 N–H and O–H groups in total. The number of anilines is 2. The third kappa shape index (κ3) is 9.56. The van der Waals surface area contributed by atoms with E-state index in [0.717, 1.165) is 21.9 Å². The lowest BCUT2D eigenvalue weighted by Crippen LogP contribution is -2.57. The monoisotopic (exact) mass is 676 g/mol. The maximum Gasteiger partial charge on any atom is 0.410 e. The van der Waals surface area contributed by atoms with Crippen molar-refractivity contribution in [2.75, 3.05) is 63.5 Å². The highest BCUT2D eigenvalue weighted by Gasteiger charge is 2.38. The van der Waals surface area contributed by atoms with Crippen LogP contribution in [0.5, 0.6) is 0 Å². The maximum atomic E-state index is 14.6. The summed E-state index contributed by atoms with van der Waals surface area (Å²) < 4.78 is 21.5. The summed E-state index contributed by atoms with van der Waals surface area (Å²) in [7, 11) is 3.05. The van der Waals surface area contributed by atoms with E-state index in [9.17, 15) is 19.2 Å². The molecule has 0 aliphatic carbocycles. The first-order chi connectivity index (χ1) is 23.3. The molecule has 12 heteroatoms. The second-order valence-corrected chi connectivity index (χ2v) is 13.0. The van der Waals surface area contributed by atoms with Gasteiger partial charge in [-0.2, -0.15) is 0 Å². The Morgan fingerprint density at radius 3 is 2.31 bits per heavy atom. The third-order valence-corrected chi connectivity index (χ3v) is 8.27. The van der Waals surface area contributed by atoms with E-state index in [0.29, 0.717) is 24.6 Å². The molecule has 2 atom stereocenters. The summed E-state index contributed by atoms with van der Waals surface area (Å²) in [6, 6.07) is 17.1. The van der Waals surface area contributed by atoms with Crippen LogP contribution >= 0.6 is 0 Å². The van der Waals surface area contributed by atoms with Crippen molar-refractivity contribution < 1.29 is 38.1 Å². The van der Waals surface area contributed by atoms with Crippen molar-refractivity contribution >= 4 is 46.0 Å². The number of methoxy groups -OCH3 is 1. The number of nitrogens with zero attached hydrogens (tertiary/aromatic N) is 3. The molecule has 3 aromatic rings. The fourth-order valence-corrected chi connectivity index (χ4v) is 5.47. The minimum absolute atomic E-state index is 0.151. The number of benzene rings is 3. The lowest BCUT2D eigenvalue weighted by atomic mass is 9.99. The molecule has 3 aromatic carbocycles. The standard InChI is InChI=1S/C37H48N4O8/c1-25-16-17-27-12-8-9-13-28(27)29(25)22-41-32-15-11-10-14-31(32)40(33(42)24-48-21-20-47-19-18-46-7)23-30(35(41)44)38-34(43)26(2)39(6)36(45)49-37(3,4)5/h8-17,26,30H,18-24H2,1-7H3,(H,38,43)/t26-,30-/m0/s1. The molecule has 0 bridgehead atoms. The highest BCUT2D eigenvalue weighted by Crippen LogP contribution is 2.35. The van der Waals surface area contributed by atoms with Crippen LogP contribution in [0.4, 0.5) is 16.2 Å². The highest BCUT2D eigenvalue weighted by molar-refractivity contribution is 6.08. The molecular formula is C37H48N4O8. The van der Waals surface area contributed by atoms with Crippen LogP contribution in [0.2, 0.25) is 0 Å². The van der Waals surface area contributed by atoms with E-state index in [1.807, 2.05) is 49.4 Å². The molecule has 0 spiro atoms. The van der Waals surface area contributed by atoms with Gasteiger partial charge in [0.1, 0.15) is 24.3 Å². The Labute approximate surface area is 288 Å². The van der Waals surface area contributed by atoms with Crippen LogP contribution in [0.25, 0.3) is 10.8 Å². The third-order valence-electron chi connectivity index (χ3n) is 8.27. The van der Waals surface area contributed by atoms with Crippen molar-refractivity contribution in [2.24, 2.45) is 0 Å². The van der Waals surface area contributed by atoms with Gasteiger partial charge in [0.15, 0.2) is 0 Å². The number of rotatable bonds is 13. The molecule has 0 saturated carbocycles. The molecule has 12 nitrogen and oxygen atoms in total. The van der Waals surface area contributed by atoms with Crippen LogP contribution in [-0.4, -0.2) is 100 Å². The zero-order valence-electron chi connectivity index (χ0n) is 29.5. The summed E-state index contributed by atoms with van der Waals surface area (Å²) in [6.07, 6.45) is -0.678. The van der Waals surface area contributed by atoms with Crippen LogP contribution in [0.15, 0.2) is 60.7 Å². The molecule has 4 amide bonds. The number of carbonyl (C=O) groups is 4. The number of para-hydroxylation sites is 2. The summed E-state index contributed by atoms with van der Waals surface area (Å²) in [5, 5.41) is 4.87. The zero-order chi connectivity index (χ0) is 35.7. The van der Waals surface area contributed by atoms with Crippen molar-refractivity contribution in [1.82, 2.24) is 10.2 Å². The molecule has 1 aliphatic heterocycles. The topological polar surface area (TPSA) is 127 Å². The molecule has 0 radical (unpaired) electrons. The first-order valence-electron chi connectivity index (χ1n) is 16.4. The average Bonchev–Trinajstić information content (AvgIpc) is 3.18. The molecule has 49 heavy (non-hydrogen) atoms. The summed E-state index contributed by atoms with van der Waals surface area (Å²) in [6.45, 7) is 9.86. The lowest BCUT2D eigenvalue weighted by Gasteiger charge is -2.30. The fraction of sp³-hybridized carbons (Fsp3) is 0.459. The van der Waals surface area contributed by atoms with Gasteiger partial charge in [-0.15, -0.1) is 0 Å². The maximum absolute atomic E-state index is 14.6. The van der Waals surface area contributed by atoms with Crippen LogP contribution in [0.3, 0.4) is 0 Å². The van der Waals surface area contributed by atoms with Crippen LogP contribution in [-0.2, 0) is 39.9 Å². The Kier molecular flexibility index (Phi) is 12.7. The SMILES string of the molecule is COCCOCCOCC(=O)N1C[C@H](NC(=O)[C@H](C)N(C)C(=O)OC(C)(C)C)C(=O)N(Cc2c(C)ccc3ccccc23)c2ccccc21. The van der Waals surface area contributed by atoms with Gasteiger partial charge >= 0.3 is 6.09 Å². The van der Waals surface area contributed by atoms with Gasteiger partial charge in [0.05, 0.1) is 50.9 Å². The number of nitrogens with one attached hydrogen (secondary N) is 1. The van der Waals surface area contributed by atoms with Gasteiger partial charge in [-0.3, -0.25) is 19.3 Å². The van der Waals surface area contributed by atoms with Gasteiger partial charge in [0.25, 0.3) is 11.8 Å². The molecule has 264 valence electrons. The summed E-state index contributed by atoms with van der Waals surface area (Å²) in [4.78, 5) is 59.0. The Balaban J connectivity index is 1.66. The molecule has 0 aromatic heterocycles. The van der Waals surface area contributed by atoms with Gasteiger partial charge in [-0.25, -0.2) is 4.79 Å². The number of carbonyl (C=O) groups excluding carboxylic acids is 4. The quantitative estimate of drug-likeness (QED) is 0.263. The van der Waals surface area contributed by atoms with E-state index in [2.05, 4.69) is 5.32 Å². The van der Waals surface area contributed by atoms with Crippen LogP contribution in [0.1, 0.15) is 38.8 Å². The number of fused-ring (bicyclic) bond motifs is 2. The normalized spacial score (nSPS) is 15.4. The number of aryl methyl sites for hydroxylation is 1. The molecule has 1 heterocycles. The summed E-state index contributed by atoms with van der Waals surface area (Å²) in [5.74, 6) is -1.36. The van der Waals surface area contributed by atoms with Gasteiger partial charge in [-0.05, 0) is 68.7 Å². The van der Waals surface area contributed by atoms with Crippen molar-refractivity contribution in [3.8, 4) is 0 Å². The van der Waals surface area contributed by atoms with E-state index < -0.39 is 41.5 Å². The van der Waals surface area contributed by atoms with E-state index in [1.54, 1.807) is 57.9 Å². The minimum atomic E-state index is -1.15. The Hall–Kier alpha value is -4.52. The molecule has 0 unspecified atom stereocenters. The summed E-state index contributed by atoms with van der Waals surface area (Å²) >= 11 is 0. The molecular weight excluding hydrogens is 628 g/mol. The number of ether oxygens (including phenoxy) is 4. The first-order valence-corrected chi connectivity index (χ1v) is 16.4. The molecule has 4 rings (SSSR count). The first kappa shape index (κ1) is 37.3. The molecule has 0 saturated heterocycles. The second kappa shape index (κ2) is 16.7. The Morgan fingerprint density at radius 1 is 0.939 bits per heavy atom. The number of likely N-dealkylation sites (N-methyl/N-ethyl adjacent to an activating group) is 1. The number of hydrogen-bond acceptors (Lipinski definition) is 8. The predicted molar refractivity (Wildman–Crippen MR) is 188 cm³/mol. The Bertz CT molecular complexity index is 1640. The largest absolute Gasteiger partial charge is 0.444 e. The van der Waals surface area contributed by atoms with Crippen molar-refractivity contribution in [3.05, 3.63) is 71.8 Å². The second-order valence-electron chi connectivity index (χ2n) is 13.0. The molecule has 1 aliphatic rings. The lowest BCUT2D eigenvalue weighted by molar-refractivity contribution is -0.130. The molecule has 0 fully saturated rings. The van der Waals surface area contributed by atoms with E-state index in [4.69, 9.17) is 18.9 Å². The smallest absolute Gasteiger partial charge is 0.410 e. The zero-order valence-corrected chi connectivity index (χ0v) is 29.5. The highest BCUT2D eigenvalue weighted by atomic mass is 16.6. The number of amides is 4. The predicted octanol–water partition coefficient (Wildman–Crippen LogP) is 4.45. The van der Waals surface area contributed by atoms with Crippen LogP contribution in [0, 0.1) is 6.92 Å². The van der Waals surface area contributed by atoms with E-state index in [1.165, 1.54) is 16.8 Å². The van der Waals surface area contributed by atoms with Gasteiger partial charge in [0.2, 0.25) is 5.91 Å². The number of hydrogen-bond donors (Lipinski definition) is 1. The minimum Gasteiger partial charge on any atom is -0.444 e.